The molecule has 0 bridgehead atoms. The van der Waals surface area contributed by atoms with Crippen LogP contribution in [0.3, 0.4) is 0 Å². The van der Waals surface area contributed by atoms with Crippen LogP contribution in [0.25, 0.3) is 10.9 Å². The molecule has 2 aromatic carbocycles. The quantitative estimate of drug-likeness (QED) is 0.655. The number of hydrogen-bond acceptors (Lipinski definition) is 3. The van der Waals surface area contributed by atoms with Crippen LogP contribution in [0.15, 0.2) is 54.7 Å². The number of nitrogens with one attached hydrogen (secondary N) is 1. The van der Waals surface area contributed by atoms with Gasteiger partial charge in [0.2, 0.25) is 11.8 Å². The van der Waals surface area contributed by atoms with E-state index in [2.05, 4.69) is 4.98 Å². The molecule has 1 fully saturated rings. The molecule has 1 unspecified atom stereocenters. The zero-order valence-electron chi connectivity index (χ0n) is 15.9. The highest BCUT2D eigenvalue weighted by Crippen LogP contribution is 2.27. The zero-order chi connectivity index (χ0) is 20.5. The minimum atomic E-state index is -0.791. The third kappa shape index (κ3) is 3.63. The topological polar surface area (TPSA) is 73.5 Å². The fourth-order valence-corrected chi connectivity index (χ4v) is 3.96. The SMILES string of the molecule is CC(=O)N(CCc1c[nH]c2ccccc12)C1CC(=O)N(c2ccc(Cl)cc2)C1=O. The largest absolute Gasteiger partial charge is 0.361 e. The molecule has 1 atom stereocenters. The lowest BCUT2D eigenvalue weighted by atomic mass is 10.1. The maximum absolute atomic E-state index is 13.0. The number of carbonyl (C=O) groups excluding carboxylic acids is 3. The van der Waals surface area contributed by atoms with Crippen molar-refractivity contribution in [3.05, 3.63) is 65.3 Å². The Morgan fingerprint density at radius 3 is 2.62 bits per heavy atom. The summed E-state index contributed by atoms with van der Waals surface area (Å²) in [6.07, 6.45) is 2.49. The Morgan fingerprint density at radius 1 is 1.17 bits per heavy atom. The predicted molar refractivity (Wildman–Crippen MR) is 112 cm³/mol. The van der Waals surface area contributed by atoms with Crippen LogP contribution in [0.5, 0.6) is 0 Å². The Labute approximate surface area is 173 Å². The molecule has 148 valence electrons. The van der Waals surface area contributed by atoms with Crippen LogP contribution in [0, 0.1) is 0 Å². The van der Waals surface area contributed by atoms with E-state index in [9.17, 15) is 14.4 Å². The van der Waals surface area contributed by atoms with Gasteiger partial charge in [-0.1, -0.05) is 29.8 Å². The molecule has 29 heavy (non-hydrogen) atoms. The molecule has 0 aliphatic carbocycles. The van der Waals surface area contributed by atoms with Gasteiger partial charge in [-0.25, -0.2) is 4.90 Å². The summed E-state index contributed by atoms with van der Waals surface area (Å²) in [6.45, 7) is 1.78. The molecule has 0 saturated carbocycles. The van der Waals surface area contributed by atoms with Gasteiger partial charge in [0.15, 0.2) is 0 Å². The predicted octanol–water partition coefficient (Wildman–Crippen LogP) is 3.54. The van der Waals surface area contributed by atoms with Gasteiger partial charge in [-0.15, -0.1) is 0 Å². The Hall–Kier alpha value is -3.12. The molecule has 1 saturated heterocycles. The molecule has 4 rings (SSSR count). The van der Waals surface area contributed by atoms with E-state index in [1.54, 1.807) is 24.3 Å². The molecule has 1 N–H and O–H groups in total. The molecular weight excluding hydrogens is 390 g/mol. The van der Waals surface area contributed by atoms with Gasteiger partial charge in [-0.05, 0) is 42.3 Å². The number of nitrogens with zero attached hydrogens (tertiary/aromatic N) is 2. The molecule has 0 radical (unpaired) electrons. The number of imide groups is 1. The molecule has 7 heteroatoms. The van der Waals surface area contributed by atoms with Crippen molar-refractivity contribution in [3.63, 3.8) is 0 Å². The number of H-pyrrole nitrogens is 1. The molecule has 1 aliphatic rings. The third-order valence-corrected chi connectivity index (χ3v) is 5.54. The van der Waals surface area contributed by atoms with E-state index in [-0.39, 0.29) is 24.1 Å². The first kappa shape index (κ1) is 19.2. The first-order chi connectivity index (χ1) is 14.0. The van der Waals surface area contributed by atoms with Crippen LogP contribution in [-0.4, -0.2) is 40.2 Å². The number of rotatable bonds is 5. The lowest BCUT2D eigenvalue weighted by Gasteiger charge is -2.26. The van der Waals surface area contributed by atoms with Gasteiger partial charge in [-0.3, -0.25) is 14.4 Å². The summed E-state index contributed by atoms with van der Waals surface area (Å²) in [6, 6.07) is 13.7. The summed E-state index contributed by atoms with van der Waals surface area (Å²) in [4.78, 5) is 43.7. The number of benzene rings is 2. The second-order valence-electron chi connectivity index (χ2n) is 7.09. The van der Waals surface area contributed by atoms with Crippen molar-refractivity contribution in [1.82, 2.24) is 9.88 Å². The van der Waals surface area contributed by atoms with E-state index in [1.807, 2.05) is 30.5 Å². The van der Waals surface area contributed by atoms with Crippen molar-refractivity contribution in [3.8, 4) is 0 Å². The smallest absolute Gasteiger partial charge is 0.257 e. The summed E-state index contributed by atoms with van der Waals surface area (Å²) < 4.78 is 0. The van der Waals surface area contributed by atoms with E-state index >= 15 is 0 Å². The van der Waals surface area contributed by atoms with E-state index < -0.39 is 6.04 Å². The maximum atomic E-state index is 13.0. The van der Waals surface area contributed by atoms with Gasteiger partial charge in [0.1, 0.15) is 6.04 Å². The lowest BCUT2D eigenvalue weighted by molar-refractivity contribution is -0.136. The third-order valence-electron chi connectivity index (χ3n) is 5.29. The molecule has 1 aliphatic heterocycles. The highest BCUT2D eigenvalue weighted by Gasteiger charge is 2.43. The molecule has 0 spiro atoms. The molecule has 2 heterocycles. The summed E-state index contributed by atoms with van der Waals surface area (Å²) >= 11 is 5.90. The van der Waals surface area contributed by atoms with Crippen LogP contribution < -0.4 is 4.90 Å². The average molecular weight is 410 g/mol. The van der Waals surface area contributed by atoms with Gasteiger partial charge in [-0.2, -0.15) is 0 Å². The maximum Gasteiger partial charge on any atom is 0.257 e. The van der Waals surface area contributed by atoms with Crippen molar-refractivity contribution < 1.29 is 14.4 Å². The summed E-state index contributed by atoms with van der Waals surface area (Å²) in [7, 11) is 0. The Balaban J connectivity index is 1.54. The number of anilines is 1. The Bertz CT molecular complexity index is 1090. The van der Waals surface area contributed by atoms with Crippen LogP contribution in [0.2, 0.25) is 5.02 Å². The van der Waals surface area contributed by atoms with Crippen LogP contribution >= 0.6 is 11.6 Å². The van der Waals surface area contributed by atoms with Crippen molar-refractivity contribution in [1.29, 1.82) is 0 Å². The Kier molecular flexibility index (Phi) is 5.11. The summed E-state index contributed by atoms with van der Waals surface area (Å²) in [5.41, 5.74) is 2.56. The highest BCUT2D eigenvalue weighted by atomic mass is 35.5. The number of hydrogen-bond donors (Lipinski definition) is 1. The normalized spacial score (nSPS) is 16.6. The minimum absolute atomic E-state index is 0.0189. The van der Waals surface area contributed by atoms with E-state index in [0.717, 1.165) is 21.4 Å². The molecule has 3 amide bonds. The standard InChI is InChI=1S/C22H20ClN3O3/c1-14(27)25(11-10-15-13-24-19-5-3-2-4-18(15)19)20-12-21(28)26(22(20)29)17-8-6-16(23)7-9-17/h2-9,13,20,24H,10-12H2,1H3. The van der Waals surface area contributed by atoms with Crippen LogP contribution in [-0.2, 0) is 20.8 Å². The number of fused-ring (bicyclic) bond motifs is 1. The second-order valence-corrected chi connectivity index (χ2v) is 7.52. The van der Waals surface area contributed by atoms with Gasteiger partial charge in [0.25, 0.3) is 5.91 Å². The van der Waals surface area contributed by atoms with Crippen molar-refractivity contribution in [2.75, 3.05) is 11.4 Å². The number of para-hydroxylation sites is 1. The van der Waals surface area contributed by atoms with Crippen molar-refractivity contribution in [2.24, 2.45) is 0 Å². The molecule has 3 aromatic rings. The second kappa shape index (κ2) is 7.72. The number of aromatic nitrogens is 1. The first-order valence-corrected chi connectivity index (χ1v) is 9.78. The van der Waals surface area contributed by atoms with Gasteiger partial charge < -0.3 is 9.88 Å². The first-order valence-electron chi connectivity index (χ1n) is 9.40. The fraction of sp³-hybridized carbons (Fsp3) is 0.227. The summed E-state index contributed by atoms with van der Waals surface area (Å²) in [5.74, 6) is -0.930. The van der Waals surface area contributed by atoms with Gasteiger partial charge >= 0.3 is 0 Å². The Morgan fingerprint density at radius 2 is 1.90 bits per heavy atom. The zero-order valence-corrected chi connectivity index (χ0v) is 16.6. The highest BCUT2D eigenvalue weighted by molar-refractivity contribution is 6.30. The van der Waals surface area contributed by atoms with Crippen molar-refractivity contribution in [2.45, 2.75) is 25.8 Å². The molecule has 6 nitrogen and oxygen atoms in total. The number of amides is 3. The van der Waals surface area contributed by atoms with Gasteiger partial charge in [0, 0.05) is 35.6 Å². The minimum Gasteiger partial charge on any atom is -0.361 e. The monoisotopic (exact) mass is 409 g/mol. The van der Waals surface area contributed by atoms with Crippen LogP contribution in [0.1, 0.15) is 18.9 Å². The molecular formula is C22H20ClN3O3. The number of carbonyl (C=O) groups is 3. The number of halogens is 1. The van der Waals surface area contributed by atoms with E-state index in [1.165, 1.54) is 11.8 Å². The average Bonchev–Trinajstić information content (AvgIpc) is 3.24. The van der Waals surface area contributed by atoms with E-state index in [0.29, 0.717) is 23.7 Å². The van der Waals surface area contributed by atoms with Crippen molar-refractivity contribution >= 4 is 45.9 Å². The lowest BCUT2D eigenvalue weighted by Crippen LogP contribution is -2.45. The molecule has 1 aromatic heterocycles. The fourth-order valence-electron chi connectivity index (χ4n) is 3.83. The van der Waals surface area contributed by atoms with E-state index in [4.69, 9.17) is 11.6 Å². The summed E-state index contributed by atoms with van der Waals surface area (Å²) in [5, 5.41) is 1.61. The number of aromatic amines is 1. The van der Waals surface area contributed by atoms with Gasteiger partial charge in [0.05, 0.1) is 12.1 Å². The van der Waals surface area contributed by atoms with Crippen LogP contribution in [0.4, 0.5) is 5.69 Å².